The van der Waals surface area contributed by atoms with Crippen molar-refractivity contribution < 1.29 is 60.4 Å². The van der Waals surface area contributed by atoms with Crippen LogP contribution in [0.15, 0.2) is 24.5 Å². The summed E-state index contributed by atoms with van der Waals surface area (Å²) in [6.45, 7) is 4.44. The van der Waals surface area contributed by atoms with Gasteiger partial charge in [-0.2, -0.15) is 26.3 Å². The first-order chi connectivity index (χ1) is 18.2. The fourth-order valence-electron chi connectivity index (χ4n) is 4.47. The number of nitrogens with zero attached hydrogens (tertiary/aromatic N) is 2. The number of aliphatic carboxylic acids is 2. The Labute approximate surface area is 219 Å². The summed E-state index contributed by atoms with van der Waals surface area (Å²) < 4.78 is 75.1. The first kappa shape index (κ1) is 32.2. The van der Waals surface area contributed by atoms with Gasteiger partial charge in [0.25, 0.3) is 5.91 Å². The fraction of sp³-hybridized carbons (Fsp3) is 0.652. The molecular formula is C23H29F6N3O7. The molecule has 39 heavy (non-hydrogen) atoms. The Hall–Kier alpha value is -2.98. The van der Waals surface area contributed by atoms with E-state index in [0.717, 1.165) is 52.2 Å². The number of halogens is 6. The van der Waals surface area contributed by atoms with Gasteiger partial charge in [-0.25, -0.2) is 9.59 Å². The van der Waals surface area contributed by atoms with Crippen molar-refractivity contribution in [2.45, 2.75) is 56.2 Å². The number of carboxylic acids is 2. The van der Waals surface area contributed by atoms with Crippen molar-refractivity contribution in [3.8, 4) is 0 Å². The molecule has 1 aromatic rings. The summed E-state index contributed by atoms with van der Waals surface area (Å²) in [7, 11) is 0. The number of carboxylic acid groups (broad SMARTS) is 2. The molecule has 4 heterocycles. The fourth-order valence-corrected chi connectivity index (χ4v) is 4.47. The molecule has 16 heteroatoms. The zero-order valence-electron chi connectivity index (χ0n) is 20.6. The van der Waals surface area contributed by atoms with Crippen LogP contribution in [0.1, 0.15) is 36.0 Å². The number of pyridine rings is 1. The normalized spacial score (nSPS) is 24.1. The second-order valence-corrected chi connectivity index (χ2v) is 8.96. The lowest BCUT2D eigenvalue weighted by Gasteiger charge is -2.49. The molecule has 220 valence electrons. The molecule has 0 bridgehead atoms. The van der Waals surface area contributed by atoms with Crippen LogP contribution in [-0.4, -0.2) is 101 Å². The van der Waals surface area contributed by atoms with E-state index in [4.69, 9.17) is 29.3 Å². The van der Waals surface area contributed by atoms with Crippen LogP contribution < -0.4 is 5.32 Å². The summed E-state index contributed by atoms with van der Waals surface area (Å²) in [6.07, 6.45) is -2.24. The van der Waals surface area contributed by atoms with Gasteiger partial charge < -0.3 is 25.0 Å². The van der Waals surface area contributed by atoms with Crippen molar-refractivity contribution in [3.63, 3.8) is 0 Å². The second-order valence-electron chi connectivity index (χ2n) is 8.96. The van der Waals surface area contributed by atoms with E-state index in [0.29, 0.717) is 17.5 Å². The topological polar surface area (TPSA) is 138 Å². The average molecular weight is 573 g/mol. The summed E-state index contributed by atoms with van der Waals surface area (Å²) in [5, 5.41) is 17.5. The SMILES string of the molecule is O=C(N[C@@H]1CN(C2CCOCC2)C[C@@H]2CCCO[C@@H]21)c1ccncc1.O=C(O)C(F)(F)F.O=C(O)C(F)(F)F. The van der Waals surface area contributed by atoms with E-state index in [1.165, 1.54) is 6.42 Å². The Morgan fingerprint density at radius 1 is 0.897 bits per heavy atom. The molecule has 3 atom stereocenters. The quantitative estimate of drug-likeness (QED) is 0.466. The third kappa shape index (κ3) is 10.6. The molecule has 0 radical (unpaired) electrons. The number of hydrogen-bond acceptors (Lipinski definition) is 7. The Bertz CT molecular complexity index is 918. The molecule has 3 N–H and O–H groups in total. The Kier molecular flexibility index (Phi) is 11.9. The van der Waals surface area contributed by atoms with Crippen LogP contribution in [0.4, 0.5) is 26.3 Å². The number of hydrogen-bond donors (Lipinski definition) is 3. The van der Waals surface area contributed by atoms with Gasteiger partial charge in [0.2, 0.25) is 0 Å². The van der Waals surface area contributed by atoms with Gasteiger partial charge in [-0.05, 0) is 43.7 Å². The van der Waals surface area contributed by atoms with E-state index < -0.39 is 24.3 Å². The molecule has 1 aromatic heterocycles. The van der Waals surface area contributed by atoms with Crippen LogP contribution in [0.2, 0.25) is 0 Å². The highest BCUT2D eigenvalue weighted by Crippen LogP contribution is 2.31. The van der Waals surface area contributed by atoms with Gasteiger partial charge in [0.15, 0.2) is 0 Å². The number of alkyl halides is 6. The minimum atomic E-state index is -5.08. The van der Waals surface area contributed by atoms with Crippen molar-refractivity contribution in [1.29, 1.82) is 0 Å². The van der Waals surface area contributed by atoms with Gasteiger partial charge in [0.05, 0.1) is 12.1 Å². The number of nitrogens with one attached hydrogen (secondary N) is 1. The van der Waals surface area contributed by atoms with Crippen molar-refractivity contribution in [2.75, 3.05) is 32.9 Å². The highest BCUT2D eigenvalue weighted by atomic mass is 19.4. The molecule has 10 nitrogen and oxygen atoms in total. The summed E-state index contributed by atoms with van der Waals surface area (Å²) >= 11 is 0. The molecule has 0 unspecified atom stereocenters. The van der Waals surface area contributed by atoms with E-state index >= 15 is 0 Å². The predicted octanol–water partition coefficient (Wildman–Crippen LogP) is 2.74. The Morgan fingerprint density at radius 3 is 1.95 bits per heavy atom. The van der Waals surface area contributed by atoms with E-state index in [1.54, 1.807) is 24.5 Å². The van der Waals surface area contributed by atoms with Gasteiger partial charge in [-0.1, -0.05) is 0 Å². The largest absolute Gasteiger partial charge is 0.490 e. The van der Waals surface area contributed by atoms with Crippen molar-refractivity contribution in [3.05, 3.63) is 30.1 Å². The number of amides is 1. The highest BCUT2D eigenvalue weighted by molar-refractivity contribution is 5.94. The maximum Gasteiger partial charge on any atom is 0.490 e. The number of ether oxygens (including phenoxy) is 2. The molecule has 0 aliphatic carbocycles. The maximum atomic E-state index is 12.6. The second kappa shape index (κ2) is 14.4. The van der Waals surface area contributed by atoms with Crippen LogP contribution in [0, 0.1) is 5.92 Å². The molecule has 4 rings (SSSR count). The van der Waals surface area contributed by atoms with E-state index in [9.17, 15) is 31.1 Å². The zero-order valence-corrected chi connectivity index (χ0v) is 20.6. The number of likely N-dealkylation sites (tertiary alicyclic amines) is 1. The molecular weight excluding hydrogens is 544 g/mol. The average Bonchev–Trinajstić information content (AvgIpc) is 2.89. The monoisotopic (exact) mass is 573 g/mol. The summed E-state index contributed by atoms with van der Waals surface area (Å²) in [5.41, 5.74) is 0.658. The third-order valence-electron chi connectivity index (χ3n) is 6.24. The van der Waals surface area contributed by atoms with E-state index in [-0.39, 0.29) is 18.1 Å². The molecule has 0 saturated carbocycles. The van der Waals surface area contributed by atoms with Crippen LogP contribution in [0.5, 0.6) is 0 Å². The first-order valence-electron chi connectivity index (χ1n) is 11.9. The van der Waals surface area contributed by atoms with E-state index in [2.05, 4.69) is 15.2 Å². The maximum absolute atomic E-state index is 12.6. The van der Waals surface area contributed by atoms with Crippen LogP contribution in [-0.2, 0) is 19.1 Å². The minimum Gasteiger partial charge on any atom is -0.475 e. The minimum absolute atomic E-state index is 0.0332. The first-order valence-corrected chi connectivity index (χ1v) is 11.9. The molecule has 0 aromatic carbocycles. The lowest BCUT2D eigenvalue weighted by molar-refractivity contribution is -0.193. The lowest BCUT2D eigenvalue weighted by atomic mass is 9.84. The van der Waals surface area contributed by atoms with Gasteiger partial charge in [-0.3, -0.25) is 14.7 Å². The number of fused-ring (bicyclic) bond motifs is 1. The number of aromatic nitrogens is 1. The van der Waals surface area contributed by atoms with Crippen LogP contribution in [0.25, 0.3) is 0 Å². The smallest absolute Gasteiger partial charge is 0.475 e. The standard InChI is InChI=1S/C19H27N3O3.2C2HF3O2/c23-19(14-3-7-20-8-4-14)21-17-13-22(16-5-10-24-11-6-16)12-15-2-1-9-25-18(15)17;2*3-2(4,5)1(6)7/h3-4,7-8,15-18H,1-2,5-6,9-13H2,(H,21,23);2*(H,6,7)/t15-,17+,18-;;/m0../s1. The third-order valence-corrected chi connectivity index (χ3v) is 6.24. The van der Waals surface area contributed by atoms with Gasteiger partial charge >= 0.3 is 24.3 Å². The van der Waals surface area contributed by atoms with Crippen LogP contribution >= 0.6 is 0 Å². The summed E-state index contributed by atoms with van der Waals surface area (Å²) in [4.78, 5) is 37.0. The molecule has 3 saturated heterocycles. The van der Waals surface area contributed by atoms with Crippen molar-refractivity contribution in [1.82, 2.24) is 15.2 Å². The van der Waals surface area contributed by atoms with Crippen molar-refractivity contribution in [2.24, 2.45) is 5.92 Å². The molecule has 3 fully saturated rings. The highest BCUT2D eigenvalue weighted by Gasteiger charge is 2.42. The van der Waals surface area contributed by atoms with Gasteiger partial charge in [0.1, 0.15) is 0 Å². The number of piperidine rings is 1. The Balaban J connectivity index is 0.000000317. The van der Waals surface area contributed by atoms with Gasteiger partial charge in [-0.15, -0.1) is 0 Å². The predicted molar refractivity (Wildman–Crippen MR) is 121 cm³/mol. The molecule has 0 spiro atoms. The molecule has 3 aliphatic heterocycles. The number of carbonyl (C=O) groups is 3. The Morgan fingerprint density at radius 2 is 1.44 bits per heavy atom. The summed E-state index contributed by atoms with van der Waals surface area (Å²) in [5.74, 6) is -5.04. The number of carbonyl (C=O) groups excluding carboxylic acids is 1. The molecule has 1 amide bonds. The van der Waals surface area contributed by atoms with Gasteiger partial charge in [0, 0.05) is 56.9 Å². The molecule has 3 aliphatic rings. The van der Waals surface area contributed by atoms with E-state index in [1.807, 2.05) is 0 Å². The van der Waals surface area contributed by atoms with Crippen LogP contribution in [0.3, 0.4) is 0 Å². The zero-order chi connectivity index (χ0) is 29.2. The lowest BCUT2D eigenvalue weighted by Crippen LogP contribution is -2.63. The van der Waals surface area contributed by atoms with Crippen molar-refractivity contribution >= 4 is 17.8 Å². The summed E-state index contributed by atoms with van der Waals surface area (Å²) in [6, 6.07) is 4.13. The number of rotatable bonds is 3.